The number of nitrogens with one attached hydrogen (secondary N) is 1. The van der Waals surface area contributed by atoms with Gasteiger partial charge in [0.25, 0.3) is 0 Å². The third-order valence-corrected chi connectivity index (χ3v) is 4.92. The molecule has 1 unspecified atom stereocenters. The van der Waals surface area contributed by atoms with E-state index in [9.17, 15) is 4.39 Å². The van der Waals surface area contributed by atoms with Gasteiger partial charge in [0, 0.05) is 24.5 Å². The van der Waals surface area contributed by atoms with Crippen LogP contribution in [0.15, 0.2) is 48.8 Å². The van der Waals surface area contributed by atoms with E-state index < -0.39 is 6.10 Å². The number of ether oxygens (including phenoxy) is 1. The summed E-state index contributed by atoms with van der Waals surface area (Å²) in [5.41, 5.74) is 8.67. The largest absolute Gasteiger partial charge is 0.447 e. The second-order valence-corrected chi connectivity index (χ2v) is 7.17. The molecule has 4 rings (SSSR count). The highest BCUT2D eigenvalue weighted by Gasteiger charge is 2.19. The third kappa shape index (κ3) is 4.30. The molecular weight excluding hydrogens is 409 g/mol. The summed E-state index contributed by atoms with van der Waals surface area (Å²) in [5.74, 6) is 3.04. The topological polar surface area (TPSA) is 103 Å². The molecule has 8 nitrogen and oxygen atoms in total. The van der Waals surface area contributed by atoms with Gasteiger partial charge < -0.3 is 15.8 Å². The fourth-order valence-electron chi connectivity index (χ4n) is 3.25. The standard InChI is InChI=1S/C23H22FN7O/c1-4-17(5-2)32-23-28-18(20-21(25)30-31-12-6-11-26-22(20)31)13-19(29-23)27-14(3)15-7-9-16(24)10-8-15/h1,6-14,17H,5H2,2-3H3,(H2,25,30)(H,27,28,29)/t14-,17?/m0/s1. The molecule has 0 aliphatic carbocycles. The van der Waals surface area contributed by atoms with E-state index in [0.29, 0.717) is 29.1 Å². The number of benzene rings is 1. The van der Waals surface area contributed by atoms with Crippen LogP contribution in [0.2, 0.25) is 0 Å². The van der Waals surface area contributed by atoms with Crippen LogP contribution in [-0.4, -0.2) is 30.7 Å². The van der Waals surface area contributed by atoms with E-state index in [1.807, 2.05) is 13.8 Å². The summed E-state index contributed by atoms with van der Waals surface area (Å²) in [6.07, 6.45) is 9.07. The molecule has 0 bridgehead atoms. The molecule has 4 aromatic rings. The Balaban J connectivity index is 1.76. The van der Waals surface area contributed by atoms with Crippen molar-refractivity contribution < 1.29 is 9.13 Å². The Hall–Kier alpha value is -4.19. The van der Waals surface area contributed by atoms with Gasteiger partial charge in [-0.3, -0.25) is 0 Å². The molecule has 3 N–H and O–H groups in total. The smallest absolute Gasteiger partial charge is 0.320 e. The number of hydrogen-bond acceptors (Lipinski definition) is 7. The second kappa shape index (κ2) is 8.89. The van der Waals surface area contributed by atoms with E-state index in [1.54, 1.807) is 41.2 Å². The van der Waals surface area contributed by atoms with Crippen molar-refractivity contribution in [2.75, 3.05) is 11.1 Å². The number of terminal acetylenes is 1. The Bertz CT molecular complexity index is 1280. The van der Waals surface area contributed by atoms with Crippen LogP contribution in [0.3, 0.4) is 0 Å². The maximum Gasteiger partial charge on any atom is 0.320 e. The van der Waals surface area contributed by atoms with Crippen LogP contribution in [-0.2, 0) is 0 Å². The molecule has 3 aromatic heterocycles. The summed E-state index contributed by atoms with van der Waals surface area (Å²) < 4.78 is 20.7. The fourth-order valence-corrected chi connectivity index (χ4v) is 3.25. The summed E-state index contributed by atoms with van der Waals surface area (Å²) in [6.45, 7) is 3.86. The van der Waals surface area contributed by atoms with Gasteiger partial charge in [-0.1, -0.05) is 25.0 Å². The SMILES string of the molecule is C#CC(CC)Oc1nc(N[C@@H](C)c2ccc(F)cc2)cc(-c2c(N)nn3cccnc23)n1. The lowest BCUT2D eigenvalue weighted by Crippen LogP contribution is -2.16. The highest BCUT2D eigenvalue weighted by atomic mass is 19.1. The van der Waals surface area contributed by atoms with E-state index >= 15 is 0 Å². The van der Waals surface area contributed by atoms with Crippen molar-refractivity contribution in [3.8, 4) is 29.6 Å². The second-order valence-electron chi connectivity index (χ2n) is 7.17. The number of hydrogen-bond donors (Lipinski definition) is 2. The van der Waals surface area contributed by atoms with Gasteiger partial charge in [0.15, 0.2) is 17.6 Å². The summed E-state index contributed by atoms with van der Waals surface area (Å²) in [4.78, 5) is 13.4. The van der Waals surface area contributed by atoms with Crippen LogP contribution in [0, 0.1) is 18.2 Å². The first-order valence-electron chi connectivity index (χ1n) is 10.1. The molecule has 0 radical (unpaired) electrons. The van der Waals surface area contributed by atoms with Crippen molar-refractivity contribution in [1.29, 1.82) is 0 Å². The highest BCUT2D eigenvalue weighted by molar-refractivity contribution is 5.85. The molecule has 162 valence electrons. The van der Waals surface area contributed by atoms with Crippen LogP contribution in [0.1, 0.15) is 31.9 Å². The number of aromatic nitrogens is 5. The van der Waals surface area contributed by atoms with Gasteiger partial charge in [0.1, 0.15) is 11.6 Å². The summed E-state index contributed by atoms with van der Waals surface area (Å²) in [6, 6.07) is 9.70. The minimum atomic E-state index is -0.480. The van der Waals surface area contributed by atoms with Crippen LogP contribution in [0.4, 0.5) is 16.0 Å². The Kier molecular flexibility index (Phi) is 5.85. The average molecular weight is 431 g/mol. The Morgan fingerprint density at radius 2 is 2.06 bits per heavy atom. The van der Waals surface area contributed by atoms with Crippen molar-refractivity contribution >= 4 is 17.3 Å². The lowest BCUT2D eigenvalue weighted by molar-refractivity contribution is 0.234. The van der Waals surface area contributed by atoms with Crippen LogP contribution in [0.25, 0.3) is 16.9 Å². The number of fused-ring (bicyclic) bond motifs is 1. The monoisotopic (exact) mass is 431 g/mol. The van der Waals surface area contributed by atoms with Gasteiger partial charge in [-0.05, 0) is 37.1 Å². The lowest BCUT2D eigenvalue weighted by Gasteiger charge is -2.17. The normalized spacial score (nSPS) is 12.8. The van der Waals surface area contributed by atoms with E-state index in [2.05, 4.69) is 31.3 Å². The molecule has 0 aliphatic heterocycles. The van der Waals surface area contributed by atoms with Crippen molar-refractivity contribution in [3.63, 3.8) is 0 Å². The summed E-state index contributed by atoms with van der Waals surface area (Å²) in [7, 11) is 0. The zero-order chi connectivity index (χ0) is 22.7. The molecule has 32 heavy (non-hydrogen) atoms. The molecule has 1 aromatic carbocycles. The molecule has 9 heteroatoms. The molecule has 2 atom stereocenters. The maximum atomic E-state index is 13.3. The average Bonchev–Trinajstić information content (AvgIpc) is 3.13. The zero-order valence-corrected chi connectivity index (χ0v) is 17.7. The van der Waals surface area contributed by atoms with Gasteiger partial charge in [0.2, 0.25) is 0 Å². The summed E-state index contributed by atoms with van der Waals surface area (Å²) >= 11 is 0. The Morgan fingerprint density at radius 3 is 2.78 bits per heavy atom. The van der Waals surface area contributed by atoms with Crippen molar-refractivity contribution in [3.05, 3.63) is 60.2 Å². The fraction of sp³-hybridized carbons (Fsp3) is 0.217. The summed E-state index contributed by atoms with van der Waals surface area (Å²) in [5, 5.41) is 7.60. The third-order valence-electron chi connectivity index (χ3n) is 4.92. The number of anilines is 2. The number of halogens is 1. The van der Waals surface area contributed by atoms with Gasteiger partial charge in [-0.15, -0.1) is 11.5 Å². The molecule has 0 spiro atoms. The van der Waals surface area contributed by atoms with E-state index in [4.69, 9.17) is 16.9 Å². The molecular formula is C23H22FN7O. The van der Waals surface area contributed by atoms with Gasteiger partial charge in [-0.25, -0.2) is 13.9 Å². The van der Waals surface area contributed by atoms with E-state index in [1.165, 1.54) is 12.1 Å². The predicted molar refractivity (Wildman–Crippen MR) is 120 cm³/mol. The maximum absolute atomic E-state index is 13.3. The number of rotatable bonds is 7. The molecule has 3 heterocycles. The van der Waals surface area contributed by atoms with Gasteiger partial charge in [0.05, 0.1) is 11.3 Å². The van der Waals surface area contributed by atoms with E-state index in [0.717, 1.165) is 5.56 Å². The van der Waals surface area contributed by atoms with Crippen LogP contribution < -0.4 is 15.8 Å². The van der Waals surface area contributed by atoms with Crippen LogP contribution in [0.5, 0.6) is 6.01 Å². The number of nitrogen functional groups attached to an aromatic ring is 1. The Labute approximate surface area is 184 Å². The lowest BCUT2D eigenvalue weighted by atomic mass is 10.1. The zero-order valence-electron chi connectivity index (χ0n) is 17.7. The highest BCUT2D eigenvalue weighted by Crippen LogP contribution is 2.31. The van der Waals surface area contributed by atoms with Gasteiger partial charge >= 0.3 is 6.01 Å². The van der Waals surface area contributed by atoms with Crippen molar-refractivity contribution in [1.82, 2.24) is 24.6 Å². The quantitative estimate of drug-likeness (QED) is 0.428. The van der Waals surface area contributed by atoms with Crippen molar-refractivity contribution in [2.24, 2.45) is 0 Å². The molecule has 0 saturated heterocycles. The molecule has 0 saturated carbocycles. The van der Waals surface area contributed by atoms with Crippen LogP contribution >= 0.6 is 0 Å². The first-order chi connectivity index (χ1) is 15.5. The molecule has 0 fully saturated rings. The Morgan fingerprint density at radius 1 is 1.28 bits per heavy atom. The van der Waals surface area contributed by atoms with Crippen molar-refractivity contribution in [2.45, 2.75) is 32.4 Å². The number of nitrogens with zero attached hydrogens (tertiary/aromatic N) is 5. The minimum absolute atomic E-state index is 0.107. The van der Waals surface area contributed by atoms with E-state index in [-0.39, 0.29) is 23.7 Å². The first-order valence-corrected chi connectivity index (χ1v) is 10.1. The first kappa shape index (κ1) is 21.1. The molecule has 0 amide bonds. The number of nitrogens with two attached hydrogens (primary N) is 1. The molecule has 0 aliphatic rings. The minimum Gasteiger partial charge on any atom is -0.447 e. The predicted octanol–water partition coefficient (Wildman–Crippen LogP) is 3.87. The van der Waals surface area contributed by atoms with Gasteiger partial charge in [-0.2, -0.15) is 9.97 Å².